The number of alkyl halides is 3. The zero-order chi connectivity index (χ0) is 16.4. The van der Waals surface area contributed by atoms with E-state index in [0.717, 1.165) is 28.8 Å². The standard InChI is InChI=1S/C19H20F3N/c20-19(21,22)17-11-9-14(10-12-17)13-5-7-16(8-6-13)18(23)15-3-1-2-4-15/h5-12,15,18H,1-4,23H2/t18-/m1/s1. The van der Waals surface area contributed by atoms with Crippen LogP contribution < -0.4 is 5.73 Å². The van der Waals surface area contributed by atoms with Gasteiger partial charge in [0.1, 0.15) is 0 Å². The second kappa shape index (κ2) is 6.36. The van der Waals surface area contributed by atoms with Crippen molar-refractivity contribution in [2.45, 2.75) is 37.9 Å². The SMILES string of the molecule is N[C@@H](c1ccc(-c2ccc(C(F)(F)F)cc2)cc1)C1CCCC1. The van der Waals surface area contributed by atoms with Crippen LogP contribution >= 0.6 is 0 Å². The van der Waals surface area contributed by atoms with Crippen LogP contribution in [0.3, 0.4) is 0 Å². The predicted octanol–water partition coefficient (Wildman–Crippen LogP) is 5.56. The largest absolute Gasteiger partial charge is 0.416 e. The summed E-state index contributed by atoms with van der Waals surface area (Å²) >= 11 is 0. The van der Waals surface area contributed by atoms with Crippen LogP contribution in [0.15, 0.2) is 48.5 Å². The smallest absolute Gasteiger partial charge is 0.324 e. The summed E-state index contributed by atoms with van der Waals surface area (Å²) in [6, 6.07) is 13.2. The fraction of sp³-hybridized carbons (Fsp3) is 0.368. The molecule has 2 aromatic carbocycles. The first-order valence-electron chi connectivity index (χ1n) is 7.98. The fourth-order valence-corrected chi connectivity index (χ4v) is 3.34. The van der Waals surface area contributed by atoms with E-state index in [4.69, 9.17) is 5.73 Å². The molecule has 1 aliphatic rings. The minimum atomic E-state index is -4.30. The molecule has 0 unspecified atom stereocenters. The predicted molar refractivity (Wildman–Crippen MR) is 85.8 cm³/mol. The lowest BCUT2D eigenvalue weighted by Gasteiger charge is -2.19. The minimum Gasteiger partial charge on any atom is -0.324 e. The quantitative estimate of drug-likeness (QED) is 0.787. The van der Waals surface area contributed by atoms with Crippen LogP contribution in [0.2, 0.25) is 0 Å². The second-order valence-electron chi connectivity index (χ2n) is 6.27. The number of nitrogens with two attached hydrogens (primary N) is 1. The van der Waals surface area contributed by atoms with Gasteiger partial charge in [-0.3, -0.25) is 0 Å². The van der Waals surface area contributed by atoms with E-state index in [1.807, 2.05) is 24.3 Å². The molecule has 0 amide bonds. The summed E-state index contributed by atoms with van der Waals surface area (Å²) < 4.78 is 37.8. The maximum Gasteiger partial charge on any atom is 0.416 e. The summed E-state index contributed by atoms with van der Waals surface area (Å²) in [5, 5.41) is 0. The molecule has 1 atom stereocenters. The molecule has 0 heterocycles. The van der Waals surface area contributed by atoms with Crippen molar-refractivity contribution in [3.8, 4) is 11.1 Å². The Morgan fingerprint density at radius 3 is 1.78 bits per heavy atom. The van der Waals surface area contributed by atoms with Crippen molar-refractivity contribution < 1.29 is 13.2 Å². The summed E-state index contributed by atoms with van der Waals surface area (Å²) in [5.41, 5.74) is 8.49. The maximum absolute atomic E-state index is 12.6. The van der Waals surface area contributed by atoms with Gasteiger partial charge < -0.3 is 5.73 Å². The molecule has 1 fully saturated rings. The molecule has 4 heteroatoms. The van der Waals surface area contributed by atoms with E-state index in [2.05, 4.69) is 0 Å². The van der Waals surface area contributed by atoms with Crippen LogP contribution in [-0.2, 0) is 6.18 Å². The third-order valence-corrected chi connectivity index (χ3v) is 4.75. The van der Waals surface area contributed by atoms with Crippen molar-refractivity contribution in [2.24, 2.45) is 11.7 Å². The number of hydrogen-bond donors (Lipinski definition) is 1. The Labute approximate surface area is 134 Å². The van der Waals surface area contributed by atoms with Crippen molar-refractivity contribution in [3.63, 3.8) is 0 Å². The van der Waals surface area contributed by atoms with E-state index >= 15 is 0 Å². The van der Waals surface area contributed by atoms with Gasteiger partial charge in [0, 0.05) is 6.04 Å². The van der Waals surface area contributed by atoms with Crippen molar-refractivity contribution in [1.29, 1.82) is 0 Å². The molecule has 1 aliphatic carbocycles. The number of hydrogen-bond acceptors (Lipinski definition) is 1. The Morgan fingerprint density at radius 2 is 1.30 bits per heavy atom. The molecular formula is C19H20F3N. The summed E-state index contributed by atoms with van der Waals surface area (Å²) in [6.45, 7) is 0. The summed E-state index contributed by atoms with van der Waals surface area (Å²) in [4.78, 5) is 0. The highest BCUT2D eigenvalue weighted by Gasteiger charge is 2.30. The maximum atomic E-state index is 12.6. The average Bonchev–Trinajstić information content (AvgIpc) is 3.08. The van der Waals surface area contributed by atoms with Gasteiger partial charge in [0.2, 0.25) is 0 Å². The molecule has 0 spiro atoms. The Morgan fingerprint density at radius 1 is 0.826 bits per heavy atom. The van der Waals surface area contributed by atoms with Gasteiger partial charge in [-0.1, -0.05) is 49.2 Å². The molecule has 2 N–H and O–H groups in total. The fourth-order valence-electron chi connectivity index (χ4n) is 3.34. The normalized spacial score (nSPS) is 17.4. The molecule has 0 aromatic heterocycles. The molecular weight excluding hydrogens is 299 g/mol. The lowest BCUT2D eigenvalue weighted by molar-refractivity contribution is -0.137. The first kappa shape index (κ1) is 16.1. The van der Waals surface area contributed by atoms with E-state index in [1.165, 1.54) is 37.8 Å². The highest BCUT2D eigenvalue weighted by Crippen LogP contribution is 2.35. The summed E-state index contributed by atoms with van der Waals surface area (Å²) in [6.07, 6.45) is 0.574. The molecule has 3 rings (SSSR count). The topological polar surface area (TPSA) is 26.0 Å². The van der Waals surface area contributed by atoms with Crippen molar-refractivity contribution in [2.75, 3.05) is 0 Å². The van der Waals surface area contributed by atoms with Crippen LogP contribution in [-0.4, -0.2) is 0 Å². The van der Waals surface area contributed by atoms with E-state index in [1.54, 1.807) is 0 Å². The first-order chi connectivity index (χ1) is 10.9. The van der Waals surface area contributed by atoms with Gasteiger partial charge in [-0.2, -0.15) is 13.2 Å². The average molecular weight is 319 g/mol. The van der Waals surface area contributed by atoms with Crippen LogP contribution in [0.5, 0.6) is 0 Å². The first-order valence-corrected chi connectivity index (χ1v) is 7.98. The third-order valence-electron chi connectivity index (χ3n) is 4.75. The van der Waals surface area contributed by atoms with Crippen molar-refractivity contribution in [3.05, 3.63) is 59.7 Å². The lowest BCUT2D eigenvalue weighted by atomic mass is 9.91. The second-order valence-corrected chi connectivity index (χ2v) is 6.27. The number of benzene rings is 2. The summed E-state index contributed by atoms with van der Waals surface area (Å²) in [7, 11) is 0. The molecule has 23 heavy (non-hydrogen) atoms. The monoisotopic (exact) mass is 319 g/mol. The Bertz CT molecular complexity index is 638. The number of rotatable bonds is 3. The molecule has 1 saturated carbocycles. The van der Waals surface area contributed by atoms with E-state index < -0.39 is 11.7 Å². The third kappa shape index (κ3) is 3.58. The van der Waals surface area contributed by atoms with Crippen molar-refractivity contribution in [1.82, 2.24) is 0 Å². The van der Waals surface area contributed by atoms with Crippen LogP contribution in [0.4, 0.5) is 13.2 Å². The van der Waals surface area contributed by atoms with E-state index in [-0.39, 0.29) is 6.04 Å². The molecule has 0 aliphatic heterocycles. The molecule has 0 radical (unpaired) electrons. The van der Waals surface area contributed by atoms with E-state index in [9.17, 15) is 13.2 Å². The zero-order valence-corrected chi connectivity index (χ0v) is 12.8. The van der Waals surface area contributed by atoms with Gasteiger partial charge in [-0.05, 0) is 47.6 Å². The van der Waals surface area contributed by atoms with Crippen molar-refractivity contribution >= 4 is 0 Å². The molecule has 2 aromatic rings. The lowest BCUT2D eigenvalue weighted by Crippen LogP contribution is -2.18. The van der Waals surface area contributed by atoms with Gasteiger partial charge in [0.25, 0.3) is 0 Å². The van der Waals surface area contributed by atoms with Gasteiger partial charge in [0.05, 0.1) is 5.56 Å². The van der Waals surface area contributed by atoms with Gasteiger partial charge in [-0.25, -0.2) is 0 Å². The summed E-state index contributed by atoms with van der Waals surface area (Å²) in [5.74, 6) is 0.548. The van der Waals surface area contributed by atoms with Crippen LogP contribution in [0.1, 0.15) is 42.9 Å². The van der Waals surface area contributed by atoms with Gasteiger partial charge >= 0.3 is 6.18 Å². The highest BCUT2D eigenvalue weighted by molar-refractivity contribution is 5.64. The number of halogens is 3. The molecule has 1 nitrogen and oxygen atoms in total. The van der Waals surface area contributed by atoms with Crippen LogP contribution in [0, 0.1) is 5.92 Å². The van der Waals surface area contributed by atoms with Gasteiger partial charge in [0.15, 0.2) is 0 Å². The Balaban J connectivity index is 1.76. The minimum absolute atomic E-state index is 0.0548. The highest BCUT2D eigenvalue weighted by atomic mass is 19.4. The van der Waals surface area contributed by atoms with Crippen LogP contribution in [0.25, 0.3) is 11.1 Å². The Hall–Kier alpha value is -1.81. The molecule has 122 valence electrons. The zero-order valence-electron chi connectivity index (χ0n) is 12.8. The van der Waals surface area contributed by atoms with Gasteiger partial charge in [-0.15, -0.1) is 0 Å². The molecule has 0 saturated heterocycles. The molecule has 0 bridgehead atoms. The Kier molecular flexibility index (Phi) is 4.44. The van der Waals surface area contributed by atoms with E-state index in [0.29, 0.717) is 5.92 Å².